The van der Waals surface area contributed by atoms with E-state index in [-0.39, 0.29) is 6.42 Å². The molecule has 1 N–H and O–H groups in total. The summed E-state index contributed by atoms with van der Waals surface area (Å²) in [5.41, 5.74) is 0. The molecular weight excluding hydrogens is 210 g/mol. The molecule has 1 aromatic heterocycles. The molecule has 1 aliphatic heterocycles. The fourth-order valence-corrected chi connectivity index (χ4v) is 3.03. The first-order chi connectivity index (χ1) is 7.27. The second kappa shape index (κ2) is 4.77. The Balaban J connectivity index is 1.96. The Kier molecular flexibility index (Phi) is 3.38. The molecule has 2 heterocycles. The van der Waals surface area contributed by atoms with E-state index in [4.69, 9.17) is 5.11 Å². The topological polar surface area (TPSA) is 40.5 Å². The minimum atomic E-state index is -0.702. The number of hydrogen-bond acceptors (Lipinski definition) is 3. The van der Waals surface area contributed by atoms with Crippen LogP contribution in [0.3, 0.4) is 0 Å². The third kappa shape index (κ3) is 2.58. The van der Waals surface area contributed by atoms with Gasteiger partial charge in [0.2, 0.25) is 0 Å². The summed E-state index contributed by atoms with van der Waals surface area (Å²) in [5.74, 6) is -0.702. The summed E-state index contributed by atoms with van der Waals surface area (Å²) in [6, 6.07) is 4.67. The molecule has 1 aromatic rings. The van der Waals surface area contributed by atoms with E-state index in [0.29, 0.717) is 12.6 Å². The Bertz CT molecular complexity index is 323. The van der Waals surface area contributed by atoms with Crippen LogP contribution in [0.25, 0.3) is 0 Å². The van der Waals surface area contributed by atoms with E-state index in [2.05, 4.69) is 22.4 Å². The van der Waals surface area contributed by atoms with E-state index in [1.54, 1.807) is 11.3 Å². The molecule has 0 saturated carbocycles. The SMILES string of the molecule is O=C(O)CCN1CCC[C@H]1c1cccs1. The molecule has 4 heteroatoms. The van der Waals surface area contributed by atoms with Crippen LogP contribution < -0.4 is 0 Å². The summed E-state index contributed by atoms with van der Waals surface area (Å²) in [6.07, 6.45) is 2.60. The van der Waals surface area contributed by atoms with Gasteiger partial charge in [-0.1, -0.05) is 6.07 Å². The lowest BCUT2D eigenvalue weighted by Crippen LogP contribution is -2.25. The van der Waals surface area contributed by atoms with Crippen molar-refractivity contribution in [3.8, 4) is 0 Å². The summed E-state index contributed by atoms with van der Waals surface area (Å²) >= 11 is 1.77. The van der Waals surface area contributed by atoms with Gasteiger partial charge in [0, 0.05) is 17.5 Å². The molecule has 15 heavy (non-hydrogen) atoms. The normalized spacial score (nSPS) is 22.0. The molecule has 0 aromatic carbocycles. The van der Waals surface area contributed by atoms with Crippen LogP contribution >= 0.6 is 11.3 Å². The minimum absolute atomic E-state index is 0.252. The van der Waals surface area contributed by atoms with Crippen molar-refractivity contribution >= 4 is 17.3 Å². The third-order valence-electron chi connectivity index (χ3n) is 2.85. The van der Waals surface area contributed by atoms with Gasteiger partial charge >= 0.3 is 5.97 Å². The summed E-state index contributed by atoms with van der Waals surface area (Å²) in [5, 5.41) is 10.8. The number of hydrogen-bond donors (Lipinski definition) is 1. The van der Waals surface area contributed by atoms with Gasteiger partial charge in [-0.15, -0.1) is 11.3 Å². The summed E-state index contributed by atoms with van der Waals surface area (Å²) < 4.78 is 0. The largest absolute Gasteiger partial charge is 0.481 e. The zero-order chi connectivity index (χ0) is 10.7. The number of rotatable bonds is 4. The van der Waals surface area contributed by atoms with Crippen molar-refractivity contribution < 1.29 is 9.90 Å². The number of carbonyl (C=O) groups is 1. The predicted octanol–water partition coefficient (Wildman–Crippen LogP) is 2.36. The Morgan fingerprint density at radius 2 is 2.53 bits per heavy atom. The van der Waals surface area contributed by atoms with Crippen LogP contribution in [-0.4, -0.2) is 29.1 Å². The molecule has 0 bridgehead atoms. The van der Waals surface area contributed by atoms with Gasteiger partial charge in [-0.25, -0.2) is 0 Å². The summed E-state index contributed by atoms with van der Waals surface area (Å²) in [7, 11) is 0. The average molecular weight is 225 g/mol. The van der Waals surface area contributed by atoms with Crippen LogP contribution in [0, 0.1) is 0 Å². The maximum absolute atomic E-state index is 10.5. The van der Waals surface area contributed by atoms with Gasteiger partial charge in [-0.3, -0.25) is 9.69 Å². The van der Waals surface area contributed by atoms with Crippen LogP contribution in [0.4, 0.5) is 0 Å². The van der Waals surface area contributed by atoms with E-state index in [0.717, 1.165) is 6.54 Å². The molecular formula is C11H15NO2S. The van der Waals surface area contributed by atoms with Gasteiger partial charge in [0.05, 0.1) is 6.42 Å². The highest BCUT2D eigenvalue weighted by Crippen LogP contribution is 2.34. The van der Waals surface area contributed by atoms with Crippen molar-refractivity contribution in [1.82, 2.24) is 4.90 Å². The van der Waals surface area contributed by atoms with Crippen molar-refractivity contribution in [2.45, 2.75) is 25.3 Å². The van der Waals surface area contributed by atoms with Gasteiger partial charge in [0.25, 0.3) is 0 Å². The van der Waals surface area contributed by atoms with Crippen molar-refractivity contribution in [3.05, 3.63) is 22.4 Å². The maximum atomic E-state index is 10.5. The van der Waals surface area contributed by atoms with Crippen LogP contribution in [0.1, 0.15) is 30.2 Å². The first-order valence-corrected chi connectivity index (χ1v) is 6.14. The van der Waals surface area contributed by atoms with Crippen molar-refractivity contribution in [2.75, 3.05) is 13.1 Å². The standard InChI is InChI=1S/C11H15NO2S/c13-11(14)5-7-12-6-1-3-9(12)10-4-2-8-15-10/h2,4,8-9H,1,3,5-7H2,(H,13,14)/t9-/m0/s1. The van der Waals surface area contributed by atoms with E-state index in [1.165, 1.54) is 17.7 Å². The Morgan fingerprint density at radius 1 is 1.67 bits per heavy atom. The molecule has 1 fully saturated rings. The van der Waals surface area contributed by atoms with Crippen LogP contribution in [0.2, 0.25) is 0 Å². The fraction of sp³-hybridized carbons (Fsp3) is 0.545. The van der Waals surface area contributed by atoms with Gasteiger partial charge in [-0.05, 0) is 30.8 Å². The molecule has 2 rings (SSSR count). The van der Waals surface area contributed by atoms with Crippen molar-refractivity contribution in [3.63, 3.8) is 0 Å². The highest BCUT2D eigenvalue weighted by Gasteiger charge is 2.26. The van der Waals surface area contributed by atoms with Crippen LogP contribution in [0.15, 0.2) is 17.5 Å². The molecule has 82 valence electrons. The molecule has 1 atom stereocenters. The van der Waals surface area contributed by atoms with Crippen LogP contribution in [-0.2, 0) is 4.79 Å². The van der Waals surface area contributed by atoms with E-state index in [1.807, 2.05) is 0 Å². The Morgan fingerprint density at radius 3 is 3.20 bits per heavy atom. The highest BCUT2D eigenvalue weighted by atomic mass is 32.1. The number of nitrogens with zero attached hydrogens (tertiary/aromatic N) is 1. The predicted molar refractivity (Wildman–Crippen MR) is 60.1 cm³/mol. The molecule has 0 spiro atoms. The van der Waals surface area contributed by atoms with E-state index < -0.39 is 5.97 Å². The van der Waals surface area contributed by atoms with Gasteiger partial charge in [-0.2, -0.15) is 0 Å². The lowest BCUT2D eigenvalue weighted by molar-refractivity contribution is -0.137. The first kappa shape index (κ1) is 10.6. The first-order valence-electron chi connectivity index (χ1n) is 5.26. The summed E-state index contributed by atoms with van der Waals surface area (Å²) in [4.78, 5) is 14.2. The zero-order valence-electron chi connectivity index (χ0n) is 8.56. The number of carboxylic acid groups (broad SMARTS) is 1. The molecule has 3 nitrogen and oxygen atoms in total. The highest BCUT2D eigenvalue weighted by molar-refractivity contribution is 7.10. The zero-order valence-corrected chi connectivity index (χ0v) is 9.37. The van der Waals surface area contributed by atoms with E-state index >= 15 is 0 Å². The van der Waals surface area contributed by atoms with Gasteiger partial charge in [0.15, 0.2) is 0 Å². The molecule has 0 unspecified atom stereocenters. The monoisotopic (exact) mass is 225 g/mol. The number of aliphatic carboxylic acids is 1. The minimum Gasteiger partial charge on any atom is -0.481 e. The van der Waals surface area contributed by atoms with Gasteiger partial charge in [0.1, 0.15) is 0 Å². The number of carboxylic acids is 1. The van der Waals surface area contributed by atoms with Gasteiger partial charge < -0.3 is 5.11 Å². The molecule has 1 aliphatic rings. The van der Waals surface area contributed by atoms with Crippen LogP contribution in [0.5, 0.6) is 0 Å². The summed E-state index contributed by atoms with van der Waals surface area (Å²) in [6.45, 7) is 1.72. The molecule has 0 amide bonds. The smallest absolute Gasteiger partial charge is 0.304 e. The molecule has 0 aliphatic carbocycles. The number of likely N-dealkylation sites (tertiary alicyclic amines) is 1. The molecule has 1 saturated heterocycles. The van der Waals surface area contributed by atoms with Crippen molar-refractivity contribution in [2.24, 2.45) is 0 Å². The Labute approximate surface area is 93.3 Å². The third-order valence-corrected chi connectivity index (χ3v) is 3.82. The van der Waals surface area contributed by atoms with Crippen molar-refractivity contribution in [1.29, 1.82) is 0 Å². The molecule has 0 radical (unpaired) electrons. The maximum Gasteiger partial charge on any atom is 0.304 e. The lowest BCUT2D eigenvalue weighted by Gasteiger charge is -2.22. The second-order valence-corrected chi connectivity index (χ2v) is 4.83. The average Bonchev–Trinajstić information content (AvgIpc) is 2.85. The fourth-order valence-electron chi connectivity index (χ4n) is 2.14. The quantitative estimate of drug-likeness (QED) is 0.855. The Hall–Kier alpha value is -0.870. The van der Waals surface area contributed by atoms with E-state index in [9.17, 15) is 4.79 Å². The second-order valence-electron chi connectivity index (χ2n) is 3.85. The number of thiophene rings is 1. The lowest BCUT2D eigenvalue weighted by atomic mass is 10.2.